The third-order valence-electron chi connectivity index (χ3n) is 5.18. The molecule has 1 aliphatic rings. The summed E-state index contributed by atoms with van der Waals surface area (Å²) in [5.41, 5.74) is 8.04. The summed E-state index contributed by atoms with van der Waals surface area (Å²) >= 11 is 0. The van der Waals surface area contributed by atoms with Crippen LogP contribution in [0.2, 0.25) is 0 Å². The molecule has 0 bridgehead atoms. The molecule has 0 aromatic carbocycles. The molecule has 3 aromatic rings. The maximum Gasteiger partial charge on any atom is 0.279 e. The summed E-state index contributed by atoms with van der Waals surface area (Å²) in [5.74, 6) is 0.563. The predicted octanol–water partition coefficient (Wildman–Crippen LogP) is 1.62. The summed E-state index contributed by atoms with van der Waals surface area (Å²) < 4.78 is 6.76. The number of pyridine rings is 1. The van der Waals surface area contributed by atoms with E-state index >= 15 is 0 Å². The zero-order chi connectivity index (χ0) is 19.8. The Morgan fingerprint density at radius 2 is 1.93 bits per heavy atom. The van der Waals surface area contributed by atoms with Gasteiger partial charge in [0.1, 0.15) is 11.2 Å². The standard InChI is InChI=1S/C19H22N6O3/c1-10-15-17(24-19(20)22-10)25(12-4-6-13(26)7-5-12)18(27)16(23-15)11-3-8-14(28-2)21-9-11/h3,8-9,12-13,26H,4-7H2,1-2H3,(H2,20,22,24). The SMILES string of the molecule is COc1ccc(-c2nc3c(C)nc(N)nc3n(C3CCC(O)CC3)c2=O)cn1. The lowest BCUT2D eigenvalue weighted by Crippen LogP contribution is -2.32. The third kappa shape index (κ3) is 3.18. The number of aliphatic hydroxyl groups excluding tert-OH is 1. The first-order chi connectivity index (χ1) is 13.5. The van der Waals surface area contributed by atoms with E-state index in [2.05, 4.69) is 19.9 Å². The van der Waals surface area contributed by atoms with Crippen molar-refractivity contribution in [2.75, 3.05) is 12.8 Å². The molecule has 9 nitrogen and oxygen atoms in total. The summed E-state index contributed by atoms with van der Waals surface area (Å²) in [4.78, 5) is 30.7. The monoisotopic (exact) mass is 382 g/mol. The molecule has 3 N–H and O–H groups in total. The molecule has 4 rings (SSSR count). The van der Waals surface area contributed by atoms with Gasteiger partial charge in [0.2, 0.25) is 11.8 Å². The van der Waals surface area contributed by atoms with E-state index < -0.39 is 0 Å². The number of aliphatic hydroxyl groups is 1. The molecule has 146 valence electrons. The number of ether oxygens (including phenoxy) is 1. The van der Waals surface area contributed by atoms with Crippen molar-refractivity contribution in [1.29, 1.82) is 0 Å². The van der Waals surface area contributed by atoms with E-state index in [-0.39, 0.29) is 29.3 Å². The summed E-state index contributed by atoms with van der Waals surface area (Å²) in [7, 11) is 1.53. The number of methoxy groups -OCH3 is 1. The number of fused-ring (bicyclic) bond motifs is 1. The molecule has 1 aliphatic carbocycles. The van der Waals surface area contributed by atoms with E-state index in [9.17, 15) is 9.90 Å². The van der Waals surface area contributed by atoms with Crippen LogP contribution in [0.15, 0.2) is 23.1 Å². The number of hydrogen-bond donors (Lipinski definition) is 2. The number of rotatable bonds is 3. The molecule has 0 aliphatic heterocycles. The second-order valence-corrected chi connectivity index (χ2v) is 7.03. The van der Waals surface area contributed by atoms with Gasteiger partial charge in [-0.15, -0.1) is 0 Å². The van der Waals surface area contributed by atoms with Gasteiger partial charge in [-0.1, -0.05) is 0 Å². The number of nitrogens with two attached hydrogens (primary N) is 1. The van der Waals surface area contributed by atoms with Crippen molar-refractivity contribution in [2.24, 2.45) is 0 Å². The van der Waals surface area contributed by atoms with Crippen LogP contribution in [-0.4, -0.2) is 42.8 Å². The second-order valence-electron chi connectivity index (χ2n) is 7.03. The van der Waals surface area contributed by atoms with Crippen LogP contribution < -0.4 is 16.0 Å². The predicted molar refractivity (Wildman–Crippen MR) is 104 cm³/mol. The molecule has 9 heteroatoms. The van der Waals surface area contributed by atoms with Gasteiger partial charge in [0.15, 0.2) is 5.65 Å². The summed E-state index contributed by atoms with van der Waals surface area (Å²) in [6, 6.07) is 3.36. The van der Waals surface area contributed by atoms with Crippen LogP contribution in [0.5, 0.6) is 5.88 Å². The lowest BCUT2D eigenvalue weighted by atomic mass is 9.92. The number of nitrogens with zero attached hydrogens (tertiary/aromatic N) is 5. The fraction of sp³-hybridized carbons (Fsp3) is 0.421. The van der Waals surface area contributed by atoms with Crippen LogP contribution in [0.1, 0.15) is 37.4 Å². The van der Waals surface area contributed by atoms with Gasteiger partial charge >= 0.3 is 0 Å². The molecular weight excluding hydrogens is 360 g/mol. The second kappa shape index (κ2) is 7.16. The van der Waals surface area contributed by atoms with Gasteiger partial charge in [-0.2, -0.15) is 4.98 Å². The highest BCUT2D eigenvalue weighted by atomic mass is 16.5. The molecule has 3 aromatic heterocycles. The average molecular weight is 382 g/mol. The summed E-state index contributed by atoms with van der Waals surface area (Å²) in [5, 5.41) is 9.86. The quantitative estimate of drug-likeness (QED) is 0.699. The lowest BCUT2D eigenvalue weighted by Gasteiger charge is -2.28. The number of nitrogen functional groups attached to an aromatic ring is 1. The molecule has 0 saturated heterocycles. The van der Waals surface area contributed by atoms with E-state index in [4.69, 9.17) is 10.5 Å². The first-order valence-electron chi connectivity index (χ1n) is 9.22. The Morgan fingerprint density at radius 1 is 1.18 bits per heavy atom. The van der Waals surface area contributed by atoms with Gasteiger partial charge in [0.05, 0.1) is 18.9 Å². The molecule has 28 heavy (non-hydrogen) atoms. The largest absolute Gasteiger partial charge is 0.481 e. The van der Waals surface area contributed by atoms with E-state index in [1.54, 1.807) is 29.8 Å². The minimum atomic E-state index is -0.327. The van der Waals surface area contributed by atoms with Gasteiger partial charge in [-0.05, 0) is 38.7 Å². The smallest absolute Gasteiger partial charge is 0.279 e. The molecule has 0 radical (unpaired) electrons. The van der Waals surface area contributed by atoms with Crippen LogP contribution >= 0.6 is 0 Å². The molecular formula is C19H22N6O3. The van der Waals surface area contributed by atoms with E-state index in [0.29, 0.717) is 54.0 Å². The van der Waals surface area contributed by atoms with Crippen LogP contribution in [0.3, 0.4) is 0 Å². The number of aryl methyl sites for hydroxylation is 1. The van der Waals surface area contributed by atoms with Gasteiger partial charge in [-0.25, -0.2) is 15.0 Å². The minimum absolute atomic E-state index is 0.0833. The zero-order valence-corrected chi connectivity index (χ0v) is 15.8. The van der Waals surface area contributed by atoms with Crippen molar-refractivity contribution in [3.05, 3.63) is 34.4 Å². The molecule has 1 saturated carbocycles. The molecule has 1 fully saturated rings. The maximum absolute atomic E-state index is 13.4. The van der Waals surface area contributed by atoms with Crippen LogP contribution in [0, 0.1) is 6.92 Å². The van der Waals surface area contributed by atoms with Crippen molar-refractivity contribution >= 4 is 17.1 Å². The molecule has 0 unspecified atom stereocenters. The zero-order valence-electron chi connectivity index (χ0n) is 15.8. The van der Waals surface area contributed by atoms with Crippen LogP contribution in [0.4, 0.5) is 5.95 Å². The fourth-order valence-electron chi connectivity index (χ4n) is 3.73. The van der Waals surface area contributed by atoms with Crippen molar-refractivity contribution < 1.29 is 9.84 Å². The van der Waals surface area contributed by atoms with Crippen molar-refractivity contribution in [1.82, 2.24) is 24.5 Å². The topological polar surface area (TPSA) is 129 Å². The normalized spacial score (nSPS) is 19.7. The Kier molecular flexibility index (Phi) is 4.68. The minimum Gasteiger partial charge on any atom is -0.481 e. The molecule has 0 atom stereocenters. The Balaban J connectivity index is 1.96. The number of hydrogen-bond acceptors (Lipinski definition) is 8. The van der Waals surface area contributed by atoms with Crippen molar-refractivity contribution in [2.45, 2.75) is 44.8 Å². The number of aromatic nitrogens is 5. The van der Waals surface area contributed by atoms with Crippen LogP contribution in [-0.2, 0) is 0 Å². The Morgan fingerprint density at radius 3 is 2.57 bits per heavy atom. The van der Waals surface area contributed by atoms with Gasteiger partial charge in [0.25, 0.3) is 5.56 Å². The lowest BCUT2D eigenvalue weighted by molar-refractivity contribution is 0.111. The summed E-state index contributed by atoms with van der Waals surface area (Å²) in [6.07, 6.45) is 3.88. The first-order valence-corrected chi connectivity index (χ1v) is 9.22. The average Bonchev–Trinajstić information content (AvgIpc) is 2.69. The van der Waals surface area contributed by atoms with E-state index in [1.807, 2.05) is 0 Å². The highest BCUT2D eigenvalue weighted by molar-refractivity contribution is 5.77. The Bertz CT molecular complexity index is 1070. The van der Waals surface area contributed by atoms with E-state index in [1.165, 1.54) is 7.11 Å². The molecule has 0 spiro atoms. The maximum atomic E-state index is 13.4. The third-order valence-corrected chi connectivity index (χ3v) is 5.18. The van der Waals surface area contributed by atoms with Crippen LogP contribution in [0.25, 0.3) is 22.4 Å². The fourth-order valence-corrected chi connectivity index (χ4v) is 3.73. The Hall–Kier alpha value is -3.07. The van der Waals surface area contributed by atoms with Gasteiger partial charge in [-0.3, -0.25) is 9.36 Å². The Labute approximate surface area is 161 Å². The molecule has 0 amide bonds. The highest BCUT2D eigenvalue weighted by Crippen LogP contribution is 2.30. The highest BCUT2D eigenvalue weighted by Gasteiger charge is 2.26. The van der Waals surface area contributed by atoms with Crippen molar-refractivity contribution in [3.63, 3.8) is 0 Å². The molecule has 3 heterocycles. The number of anilines is 1. The summed E-state index contributed by atoms with van der Waals surface area (Å²) in [6.45, 7) is 1.79. The van der Waals surface area contributed by atoms with E-state index in [0.717, 1.165) is 0 Å². The first kappa shape index (κ1) is 18.3. The van der Waals surface area contributed by atoms with Gasteiger partial charge in [0, 0.05) is 23.9 Å². The van der Waals surface area contributed by atoms with Gasteiger partial charge < -0.3 is 15.6 Å². The van der Waals surface area contributed by atoms with Crippen molar-refractivity contribution in [3.8, 4) is 17.1 Å².